The van der Waals surface area contributed by atoms with E-state index < -0.39 is 30.7 Å². The molecule has 0 bridgehead atoms. The molecule has 1 atom stereocenters. The van der Waals surface area contributed by atoms with Crippen molar-refractivity contribution in [2.24, 2.45) is 0 Å². The fourth-order valence-corrected chi connectivity index (χ4v) is 2.01. The van der Waals surface area contributed by atoms with Crippen molar-refractivity contribution in [1.82, 2.24) is 4.90 Å². The fourth-order valence-electron chi connectivity index (χ4n) is 2.01. The Kier molecular flexibility index (Phi) is 4.74. The molecule has 0 aromatic heterocycles. The molecular formula is C13H14F4N2O3. The molecule has 1 aromatic rings. The molecule has 122 valence electrons. The number of aliphatic hydroxyl groups is 1. The monoisotopic (exact) mass is 322 g/mol. The van der Waals surface area contributed by atoms with E-state index >= 15 is 0 Å². The Bertz CT molecular complexity index is 551. The Hall–Kier alpha value is -2.03. The van der Waals surface area contributed by atoms with Gasteiger partial charge >= 0.3 is 12.2 Å². The predicted molar refractivity (Wildman–Crippen MR) is 69.2 cm³/mol. The Morgan fingerprint density at radius 1 is 1.45 bits per heavy atom. The van der Waals surface area contributed by atoms with E-state index in [4.69, 9.17) is 0 Å². The van der Waals surface area contributed by atoms with Gasteiger partial charge in [0, 0.05) is 19.2 Å². The molecule has 9 heteroatoms. The largest absolute Gasteiger partial charge is 0.482 e. The van der Waals surface area contributed by atoms with Gasteiger partial charge in [-0.3, -0.25) is 0 Å². The summed E-state index contributed by atoms with van der Waals surface area (Å²) in [6.45, 7) is -1.13. The van der Waals surface area contributed by atoms with Gasteiger partial charge in [-0.05, 0) is 18.6 Å². The van der Waals surface area contributed by atoms with E-state index in [-0.39, 0.29) is 18.0 Å². The fraction of sp³-hybridized carbons (Fsp3) is 0.462. The zero-order valence-corrected chi connectivity index (χ0v) is 11.4. The van der Waals surface area contributed by atoms with Crippen LogP contribution in [0.15, 0.2) is 18.2 Å². The number of aliphatic hydroxyl groups excluding tert-OH is 1. The van der Waals surface area contributed by atoms with Crippen LogP contribution in [0.3, 0.4) is 0 Å². The van der Waals surface area contributed by atoms with Crippen molar-refractivity contribution in [3.63, 3.8) is 0 Å². The minimum atomic E-state index is -4.55. The Balaban J connectivity index is 2.08. The standard InChI is InChI=1S/C13H14F4N2O3/c14-8-1-2-11(22-7-13(15,16)17)10(5-8)18-12(21)19-4-3-9(20)6-19/h1-2,5,9,20H,3-4,6-7H2,(H,18,21). The van der Waals surface area contributed by atoms with Crippen molar-refractivity contribution < 1.29 is 32.2 Å². The average Bonchev–Trinajstić information content (AvgIpc) is 2.83. The third-order valence-corrected chi connectivity index (χ3v) is 3.03. The summed E-state index contributed by atoms with van der Waals surface area (Å²) >= 11 is 0. The number of halogens is 4. The summed E-state index contributed by atoms with van der Waals surface area (Å²) in [5, 5.41) is 11.6. The normalized spacial score (nSPS) is 18.4. The summed E-state index contributed by atoms with van der Waals surface area (Å²) in [7, 11) is 0. The smallest absolute Gasteiger partial charge is 0.422 e. The second-order valence-corrected chi connectivity index (χ2v) is 4.86. The molecule has 1 aliphatic rings. The van der Waals surface area contributed by atoms with Gasteiger partial charge in [0.15, 0.2) is 6.61 Å². The van der Waals surface area contributed by atoms with E-state index in [1.165, 1.54) is 4.90 Å². The second-order valence-electron chi connectivity index (χ2n) is 4.86. The van der Waals surface area contributed by atoms with Crippen LogP contribution in [0, 0.1) is 5.82 Å². The summed E-state index contributed by atoms with van der Waals surface area (Å²) in [6.07, 6.45) is -4.78. The number of amides is 2. The van der Waals surface area contributed by atoms with Crippen LogP contribution < -0.4 is 10.1 Å². The lowest BCUT2D eigenvalue weighted by Crippen LogP contribution is -2.33. The number of hydrogen-bond acceptors (Lipinski definition) is 3. The maximum Gasteiger partial charge on any atom is 0.422 e. The first-order valence-electron chi connectivity index (χ1n) is 6.48. The quantitative estimate of drug-likeness (QED) is 0.840. The molecule has 1 saturated heterocycles. The van der Waals surface area contributed by atoms with Crippen molar-refractivity contribution in [2.45, 2.75) is 18.7 Å². The Morgan fingerprint density at radius 3 is 2.77 bits per heavy atom. The minimum Gasteiger partial charge on any atom is -0.482 e. The molecule has 0 radical (unpaired) electrons. The molecule has 1 fully saturated rings. The van der Waals surface area contributed by atoms with Crippen LogP contribution in [0.1, 0.15) is 6.42 Å². The minimum absolute atomic E-state index is 0.111. The molecule has 1 aliphatic heterocycles. The third kappa shape index (κ3) is 4.48. The third-order valence-electron chi connectivity index (χ3n) is 3.03. The maximum absolute atomic E-state index is 13.2. The van der Waals surface area contributed by atoms with Crippen molar-refractivity contribution in [2.75, 3.05) is 25.0 Å². The van der Waals surface area contributed by atoms with Crippen molar-refractivity contribution in [3.05, 3.63) is 24.0 Å². The Labute approximate surface area is 123 Å². The summed E-state index contributed by atoms with van der Waals surface area (Å²) in [4.78, 5) is 13.2. The molecule has 5 nitrogen and oxygen atoms in total. The highest BCUT2D eigenvalue weighted by atomic mass is 19.4. The molecule has 0 saturated carbocycles. The van der Waals surface area contributed by atoms with Crippen molar-refractivity contribution >= 4 is 11.7 Å². The summed E-state index contributed by atoms with van der Waals surface area (Å²) in [5.41, 5.74) is -0.198. The van der Waals surface area contributed by atoms with E-state index in [2.05, 4.69) is 10.1 Å². The predicted octanol–water partition coefficient (Wildman–Crippen LogP) is 2.37. The Morgan fingerprint density at radius 2 is 2.18 bits per heavy atom. The van der Waals surface area contributed by atoms with Gasteiger partial charge in [-0.15, -0.1) is 0 Å². The summed E-state index contributed by atoms with van der Waals surface area (Å²) in [5.74, 6) is -1.01. The van der Waals surface area contributed by atoms with Gasteiger partial charge in [0.1, 0.15) is 11.6 Å². The zero-order chi connectivity index (χ0) is 16.3. The average molecular weight is 322 g/mol. The SMILES string of the molecule is O=C(Nc1cc(F)ccc1OCC(F)(F)F)N1CCC(O)C1. The second kappa shape index (κ2) is 6.39. The highest BCUT2D eigenvalue weighted by Gasteiger charge is 2.29. The van der Waals surface area contributed by atoms with Crippen LogP contribution in [0.4, 0.5) is 28.0 Å². The number of rotatable bonds is 3. The van der Waals surface area contributed by atoms with E-state index in [0.29, 0.717) is 13.0 Å². The molecule has 0 spiro atoms. The molecule has 2 rings (SSSR count). The van der Waals surface area contributed by atoms with Crippen molar-refractivity contribution in [3.8, 4) is 5.75 Å². The van der Waals surface area contributed by atoms with Gasteiger partial charge in [-0.25, -0.2) is 9.18 Å². The first kappa shape index (κ1) is 16.3. The molecular weight excluding hydrogens is 308 g/mol. The lowest BCUT2D eigenvalue weighted by Gasteiger charge is -2.18. The summed E-state index contributed by atoms with van der Waals surface area (Å²) < 4.78 is 54.3. The van der Waals surface area contributed by atoms with Crippen LogP contribution >= 0.6 is 0 Å². The van der Waals surface area contributed by atoms with Gasteiger partial charge in [-0.1, -0.05) is 0 Å². The van der Waals surface area contributed by atoms with Crippen LogP contribution in [0.2, 0.25) is 0 Å². The van der Waals surface area contributed by atoms with Crippen LogP contribution in [-0.2, 0) is 0 Å². The van der Waals surface area contributed by atoms with Gasteiger partial charge in [-0.2, -0.15) is 13.2 Å². The number of ether oxygens (including phenoxy) is 1. The molecule has 22 heavy (non-hydrogen) atoms. The number of nitrogens with zero attached hydrogens (tertiary/aromatic N) is 1. The lowest BCUT2D eigenvalue weighted by molar-refractivity contribution is -0.153. The number of anilines is 1. The van der Waals surface area contributed by atoms with Gasteiger partial charge in [0.25, 0.3) is 0 Å². The van der Waals surface area contributed by atoms with Gasteiger partial charge < -0.3 is 20.1 Å². The molecule has 0 aliphatic carbocycles. The summed E-state index contributed by atoms with van der Waals surface area (Å²) in [6, 6.07) is 2.17. The van der Waals surface area contributed by atoms with Crippen LogP contribution in [0.5, 0.6) is 5.75 Å². The molecule has 2 amide bonds. The number of alkyl halides is 3. The van der Waals surface area contributed by atoms with E-state index in [9.17, 15) is 27.5 Å². The topological polar surface area (TPSA) is 61.8 Å². The molecule has 1 unspecified atom stereocenters. The molecule has 2 N–H and O–H groups in total. The lowest BCUT2D eigenvalue weighted by atomic mass is 10.3. The van der Waals surface area contributed by atoms with E-state index in [1.54, 1.807) is 0 Å². The zero-order valence-electron chi connectivity index (χ0n) is 11.4. The first-order valence-corrected chi connectivity index (χ1v) is 6.48. The number of carbonyl (C=O) groups excluding carboxylic acids is 1. The van der Waals surface area contributed by atoms with E-state index in [1.807, 2.05) is 0 Å². The number of urea groups is 1. The number of β-amino-alcohol motifs (C(OH)–C–C–N with tert-alkyl or cyclic N) is 1. The number of carbonyl (C=O) groups is 1. The number of likely N-dealkylation sites (tertiary alicyclic amines) is 1. The molecule has 1 heterocycles. The first-order chi connectivity index (χ1) is 10.2. The van der Waals surface area contributed by atoms with Gasteiger partial charge in [0.05, 0.1) is 11.8 Å². The van der Waals surface area contributed by atoms with Gasteiger partial charge in [0.2, 0.25) is 0 Å². The highest BCUT2D eigenvalue weighted by Crippen LogP contribution is 2.28. The molecule has 1 aromatic carbocycles. The van der Waals surface area contributed by atoms with Crippen molar-refractivity contribution in [1.29, 1.82) is 0 Å². The van der Waals surface area contributed by atoms with Crippen LogP contribution in [-0.4, -0.2) is 48.0 Å². The maximum atomic E-state index is 13.2. The number of hydrogen-bond donors (Lipinski definition) is 2. The number of nitrogens with one attached hydrogen (secondary N) is 1. The van der Waals surface area contributed by atoms with E-state index in [0.717, 1.165) is 18.2 Å². The number of benzene rings is 1. The van der Waals surface area contributed by atoms with Crippen LogP contribution in [0.25, 0.3) is 0 Å². The highest BCUT2D eigenvalue weighted by molar-refractivity contribution is 5.91.